The molecule has 0 saturated heterocycles. The average Bonchev–Trinajstić information content (AvgIpc) is 2.66. The van der Waals surface area contributed by atoms with Gasteiger partial charge < -0.3 is 14.2 Å². The number of carbonyl (C=O) groups is 1. The van der Waals surface area contributed by atoms with E-state index in [1.807, 2.05) is 30.3 Å². The first-order chi connectivity index (χ1) is 13.0. The molecule has 0 aromatic heterocycles. The maximum atomic E-state index is 12.0. The lowest BCUT2D eigenvalue weighted by molar-refractivity contribution is -0.123. The highest BCUT2D eigenvalue weighted by molar-refractivity contribution is 9.10. The third-order valence-electron chi connectivity index (χ3n) is 3.76. The Kier molecular flexibility index (Phi) is 7.67. The molecule has 0 heterocycles. The fourth-order valence-electron chi connectivity index (χ4n) is 2.46. The van der Waals surface area contributed by atoms with E-state index in [1.165, 1.54) is 6.21 Å². The summed E-state index contributed by atoms with van der Waals surface area (Å²) in [5.74, 6) is 1.83. The molecule has 144 valence electrons. The van der Waals surface area contributed by atoms with Crippen LogP contribution in [0.2, 0.25) is 0 Å². The Labute approximate surface area is 167 Å². The van der Waals surface area contributed by atoms with Crippen molar-refractivity contribution in [3.05, 3.63) is 52.0 Å². The Morgan fingerprint density at radius 1 is 1.19 bits per heavy atom. The van der Waals surface area contributed by atoms with Crippen LogP contribution in [-0.2, 0) is 4.79 Å². The van der Waals surface area contributed by atoms with Gasteiger partial charge in [-0.1, -0.05) is 32.0 Å². The summed E-state index contributed by atoms with van der Waals surface area (Å²) in [6.45, 7) is 4.04. The Morgan fingerprint density at radius 3 is 2.59 bits per heavy atom. The highest BCUT2D eigenvalue weighted by atomic mass is 79.9. The number of ether oxygens (including phenoxy) is 3. The molecule has 0 spiro atoms. The summed E-state index contributed by atoms with van der Waals surface area (Å²) in [7, 11) is 3.12. The van der Waals surface area contributed by atoms with Gasteiger partial charge in [-0.2, -0.15) is 5.10 Å². The predicted octanol–water partition coefficient (Wildman–Crippen LogP) is 4.12. The first-order valence-electron chi connectivity index (χ1n) is 8.41. The van der Waals surface area contributed by atoms with Gasteiger partial charge in [0.15, 0.2) is 18.1 Å². The molecule has 2 aromatic rings. The van der Waals surface area contributed by atoms with Crippen molar-refractivity contribution in [2.45, 2.75) is 19.8 Å². The van der Waals surface area contributed by atoms with E-state index in [0.717, 1.165) is 15.6 Å². The van der Waals surface area contributed by atoms with E-state index in [0.29, 0.717) is 23.2 Å². The molecule has 0 atom stereocenters. The quantitative estimate of drug-likeness (QED) is 0.501. The molecule has 1 amide bonds. The molecule has 7 heteroatoms. The zero-order chi connectivity index (χ0) is 19.8. The van der Waals surface area contributed by atoms with Crippen LogP contribution in [-0.4, -0.2) is 32.9 Å². The van der Waals surface area contributed by atoms with Crippen LogP contribution in [0, 0.1) is 0 Å². The van der Waals surface area contributed by atoms with Crippen LogP contribution in [0.25, 0.3) is 0 Å². The van der Waals surface area contributed by atoms with Gasteiger partial charge in [-0.15, -0.1) is 0 Å². The number of benzene rings is 2. The maximum Gasteiger partial charge on any atom is 0.277 e. The Morgan fingerprint density at radius 2 is 1.93 bits per heavy atom. The van der Waals surface area contributed by atoms with Crippen LogP contribution in [0.15, 0.2) is 46.0 Å². The minimum absolute atomic E-state index is 0.114. The summed E-state index contributed by atoms with van der Waals surface area (Å²) < 4.78 is 16.9. The van der Waals surface area contributed by atoms with E-state index < -0.39 is 0 Å². The first-order valence-corrected chi connectivity index (χ1v) is 9.20. The van der Waals surface area contributed by atoms with Crippen molar-refractivity contribution < 1.29 is 19.0 Å². The fraction of sp³-hybridized carbons (Fsp3) is 0.300. The second-order valence-corrected chi connectivity index (χ2v) is 6.87. The maximum absolute atomic E-state index is 12.0. The lowest BCUT2D eigenvalue weighted by Gasteiger charge is -2.13. The van der Waals surface area contributed by atoms with Gasteiger partial charge in [0.05, 0.1) is 24.9 Å². The van der Waals surface area contributed by atoms with Crippen LogP contribution >= 0.6 is 15.9 Å². The zero-order valence-electron chi connectivity index (χ0n) is 15.8. The molecular weight excluding hydrogens is 412 g/mol. The number of para-hydroxylation sites is 1. The van der Waals surface area contributed by atoms with Crippen molar-refractivity contribution in [2.75, 3.05) is 20.8 Å². The Bertz CT molecular complexity index is 822. The first kappa shape index (κ1) is 20.8. The number of nitrogens with one attached hydrogen (secondary N) is 1. The molecular formula is C20H23BrN2O4. The van der Waals surface area contributed by atoms with E-state index in [2.05, 4.69) is 40.3 Å². The lowest BCUT2D eigenvalue weighted by Crippen LogP contribution is -2.24. The topological polar surface area (TPSA) is 69.2 Å². The molecule has 2 aromatic carbocycles. The molecule has 0 saturated carbocycles. The highest BCUT2D eigenvalue weighted by Crippen LogP contribution is 2.35. The van der Waals surface area contributed by atoms with Crippen molar-refractivity contribution in [3.63, 3.8) is 0 Å². The number of rotatable bonds is 8. The van der Waals surface area contributed by atoms with Crippen molar-refractivity contribution in [2.24, 2.45) is 5.10 Å². The SMILES string of the molecule is COc1cc(/C=N/NC(=O)COc2ccccc2C(C)C)cc(Br)c1OC. The second-order valence-electron chi connectivity index (χ2n) is 6.01. The van der Waals surface area contributed by atoms with Crippen molar-refractivity contribution in [3.8, 4) is 17.2 Å². The molecule has 0 aliphatic heterocycles. The average molecular weight is 435 g/mol. The van der Waals surface area contributed by atoms with E-state index >= 15 is 0 Å². The zero-order valence-corrected chi connectivity index (χ0v) is 17.4. The van der Waals surface area contributed by atoms with Crippen LogP contribution < -0.4 is 19.6 Å². The van der Waals surface area contributed by atoms with Gasteiger partial charge >= 0.3 is 0 Å². The normalized spacial score (nSPS) is 10.9. The molecule has 0 aliphatic carbocycles. The summed E-state index contributed by atoms with van der Waals surface area (Å²) in [4.78, 5) is 12.0. The number of hydrazone groups is 1. The molecule has 0 bridgehead atoms. The van der Waals surface area contributed by atoms with E-state index in [-0.39, 0.29) is 12.5 Å². The summed E-state index contributed by atoms with van der Waals surface area (Å²) in [5.41, 5.74) is 4.25. The van der Waals surface area contributed by atoms with Crippen LogP contribution in [0.1, 0.15) is 30.9 Å². The second kappa shape index (κ2) is 9.97. The van der Waals surface area contributed by atoms with Crippen molar-refractivity contribution in [1.29, 1.82) is 0 Å². The van der Waals surface area contributed by atoms with Gasteiger partial charge in [-0.05, 0) is 51.2 Å². The summed E-state index contributed by atoms with van der Waals surface area (Å²) in [6.07, 6.45) is 1.52. The van der Waals surface area contributed by atoms with Gasteiger partial charge in [0.1, 0.15) is 5.75 Å². The van der Waals surface area contributed by atoms with E-state index in [4.69, 9.17) is 14.2 Å². The van der Waals surface area contributed by atoms with E-state index in [1.54, 1.807) is 20.3 Å². The van der Waals surface area contributed by atoms with Gasteiger partial charge in [-0.3, -0.25) is 4.79 Å². The lowest BCUT2D eigenvalue weighted by atomic mass is 10.0. The van der Waals surface area contributed by atoms with Crippen LogP contribution in [0.5, 0.6) is 17.2 Å². The van der Waals surface area contributed by atoms with Crippen molar-refractivity contribution >= 4 is 28.1 Å². The van der Waals surface area contributed by atoms with Gasteiger partial charge in [0.25, 0.3) is 5.91 Å². The third-order valence-corrected chi connectivity index (χ3v) is 4.35. The number of carbonyl (C=O) groups excluding carboxylic acids is 1. The minimum Gasteiger partial charge on any atom is -0.493 e. The fourth-order valence-corrected chi connectivity index (χ4v) is 3.08. The molecule has 0 fully saturated rings. The van der Waals surface area contributed by atoms with Crippen LogP contribution in [0.4, 0.5) is 0 Å². The largest absolute Gasteiger partial charge is 0.493 e. The monoisotopic (exact) mass is 434 g/mol. The highest BCUT2D eigenvalue weighted by Gasteiger charge is 2.10. The molecule has 27 heavy (non-hydrogen) atoms. The molecule has 0 radical (unpaired) electrons. The molecule has 0 unspecified atom stereocenters. The Hall–Kier alpha value is -2.54. The summed E-state index contributed by atoms with van der Waals surface area (Å²) in [6, 6.07) is 11.2. The summed E-state index contributed by atoms with van der Waals surface area (Å²) in [5, 5.41) is 3.96. The van der Waals surface area contributed by atoms with Gasteiger partial charge in [-0.25, -0.2) is 5.43 Å². The molecule has 6 nitrogen and oxygen atoms in total. The number of halogens is 1. The Balaban J connectivity index is 1.95. The predicted molar refractivity (Wildman–Crippen MR) is 109 cm³/mol. The van der Waals surface area contributed by atoms with E-state index in [9.17, 15) is 4.79 Å². The number of methoxy groups -OCH3 is 2. The van der Waals surface area contributed by atoms with Crippen LogP contribution in [0.3, 0.4) is 0 Å². The number of nitrogens with zero attached hydrogens (tertiary/aromatic N) is 1. The number of hydrogen-bond donors (Lipinski definition) is 1. The minimum atomic E-state index is -0.343. The number of hydrogen-bond acceptors (Lipinski definition) is 5. The third kappa shape index (κ3) is 5.72. The number of amides is 1. The van der Waals surface area contributed by atoms with Gasteiger partial charge in [0.2, 0.25) is 0 Å². The molecule has 1 N–H and O–H groups in total. The van der Waals surface area contributed by atoms with Gasteiger partial charge in [0, 0.05) is 0 Å². The molecule has 0 aliphatic rings. The molecule has 2 rings (SSSR count). The standard InChI is InChI=1S/C20H23BrN2O4/c1-13(2)15-7-5-6-8-17(15)27-12-19(24)23-22-11-14-9-16(21)20(26-4)18(10-14)25-3/h5-11,13H,12H2,1-4H3,(H,23,24)/b22-11+. The smallest absolute Gasteiger partial charge is 0.277 e. The summed E-state index contributed by atoms with van der Waals surface area (Å²) >= 11 is 3.41. The van der Waals surface area contributed by atoms with Crippen molar-refractivity contribution in [1.82, 2.24) is 5.43 Å².